The fraction of sp³-hybridized carbons (Fsp3) is 0.647. The Morgan fingerprint density at radius 2 is 1.95 bits per heavy atom. The molecule has 1 aliphatic carbocycles. The summed E-state index contributed by atoms with van der Waals surface area (Å²) in [5.41, 5.74) is 1.41. The van der Waals surface area contributed by atoms with E-state index in [1.807, 2.05) is 7.05 Å². The molecule has 0 saturated heterocycles. The molecule has 0 amide bonds. The van der Waals surface area contributed by atoms with Crippen LogP contribution in [0.4, 0.5) is 0 Å². The zero-order chi connectivity index (χ0) is 13.5. The Balaban J connectivity index is 2.19. The second kappa shape index (κ2) is 7.54. The van der Waals surface area contributed by atoms with Crippen LogP contribution in [0.5, 0.6) is 5.75 Å². The van der Waals surface area contributed by atoms with Gasteiger partial charge in [-0.25, -0.2) is 0 Å². The van der Waals surface area contributed by atoms with Gasteiger partial charge in [-0.2, -0.15) is 0 Å². The molecule has 0 bridgehead atoms. The fourth-order valence-corrected chi connectivity index (χ4v) is 3.45. The molecule has 106 valence electrons. The number of methoxy groups -OCH3 is 1. The number of nitrogens with one attached hydrogen (secondary N) is 1. The van der Waals surface area contributed by atoms with E-state index in [1.165, 1.54) is 44.1 Å². The molecule has 1 saturated carbocycles. The summed E-state index contributed by atoms with van der Waals surface area (Å²) in [5.74, 6) is 2.54. The third kappa shape index (κ3) is 3.73. The van der Waals surface area contributed by atoms with Gasteiger partial charge < -0.3 is 10.1 Å². The summed E-state index contributed by atoms with van der Waals surface area (Å²) in [6.07, 6.45) is 8.19. The van der Waals surface area contributed by atoms with Crippen molar-refractivity contribution < 1.29 is 4.74 Å². The van der Waals surface area contributed by atoms with Gasteiger partial charge in [-0.05, 0) is 56.3 Å². The highest BCUT2D eigenvalue weighted by Crippen LogP contribution is 2.41. The van der Waals surface area contributed by atoms with Gasteiger partial charge in [0.15, 0.2) is 0 Å². The van der Waals surface area contributed by atoms with Crippen LogP contribution in [0.2, 0.25) is 0 Å². The summed E-state index contributed by atoms with van der Waals surface area (Å²) in [5, 5.41) is 3.30. The molecule has 1 aliphatic rings. The number of hydrogen-bond acceptors (Lipinski definition) is 2. The van der Waals surface area contributed by atoms with Gasteiger partial charge in [-0.3, -0.25) is 0 Å². The van der Waals surface area contributed by atoms with Crippen molar-refractivity contribution in [2.45, 2.75) is 44.4 Å². The van der Waals surface area contributed by atoms with Gasteiger partial charge in [0.25, 0.3) is 0 Å². The standard InChI is InChI=1S/C17H27NO/c1-18-13-12-15(14-8-4-3-5-9-14)16-10-6-7-11-17(16)19-2/h6-7,10-11,14-15,18H,3-5,8-9,12-13H2,1-2H3. The van der Waals surface area contributed by atoms with Crippen molar-refractivity contribution in [3.8, 4) is 5.75 Å². The van der Waals surface area contributed by atoms with Crippen molar-refractivity contribution in [2.75, 3.05) is 20.7 Å². The van der Waals surface area contributed by atoms with Gasteiger partial charge in [-0.1, -0.05) is 37.5 Å². The highest BCUT2D eigenvalue weighted by Gasteiger charge is 2.26. The van der Waals surface area contributed by atoms with Crippen molar-refractivity contribution in [1.82, 2.24) is 5.32 Å². The molecule has 0 aromatic heterocycles. The molecule has 0 spiro atoms. The largest absolute Gasteiger partial charge is 0.496 e. The zero-order valence-corrected chi connectivity index (χ0v) is 12.3. The van der Waals surface area contributed by atoms with Crippen molar-refractivity contribution in [3.63, 3.8) is 0 Å². The molecular weight excluding hydrogens is 234 g/mol. The molecule has 2 heteroatoms. The smallest absolute Gasteiger partial charge is 0.122 e. The highest BCUT2D eigenvalue weighted by atomic mass is 16.5. The summed E-state index contributed by atoms with van der Waals surface area (Å²) in [7, 11) is 3.83. The van der Waals surface area contributed by atoms with Gasteiger partial charge >= 0.3 is 0 Å². The van der Waals surface area contributed by atoms with E-state index in [4.69, 9.17) is 4.74 Å². The first-order chi connectivity index (χ1) is 9.36. The molecule has 1 N–H and O–H groups in total. The molecule has 2 nitrogen and oxygen atoms in total. The fourth-order valence-electron chi connectivity index (χ4n) is 3.45. The van der Waals surface area contributed by atoms with Crippen molar-refractivity contribution in [1.29, 1.82) is 0 Å². The van der Waals surface area contributed by atoms with E-state index < -0.39 is 0 Å². The van der Waals surface area contributed by atoms with Crippen LogP contribution in [0.25, 0.3) is 0 Å². The molecule has 0 aliphatic heterocycles. The maximum absolute atomic E-state index is 5.58. The predicted octanol–water partition coefficient (Wildman–Crippen LogP) is 3.97. The van der Waals surface area contributed by atoms with Crippen molar-refractivity contribution in [2.24, 2.45) is 5.92 Å². The lowest BCUT2D eigenvalue weighted by Gasteiger charge is -2.31. The van der Waals surface area contributed by atoms with Crippen LogP contribution < -0.4 is 10.1 Å². The van der Waals surface area contributed by atoms with Crippen LogP contribution in [-0.4, -0.2) is 20.7 Å². The molecule has 1 fully saturated rings. The number of benzene rings is 1. The molecule has 0 radical (unpaired) electrons. The molecule has 0 heterocycles. The second-order valence-electron chi connectivity index (χ2n) is 5.64. The van der Waals surface area contributed by atoms with Crippen LogP contribution in [0.3, 0.4) is 0 Å². The minimum absolute atomic E-state index is 0.642. The number of hydrogen-bond donors (Lipinski definition) is 1. The summed E-state index contributed by atoms with van der Waals surface area (Å²) >= 11 is 0. The first-order valence-electron chi connectivity index (χ1n) is 7.64. The Hall–Kier alpha value is -1.02. The number of para-hydroxylation sites is 1. The zero-order valence-electron chi connectivity index (χ0n) is 12.3. The normalized spacial score (nSPS) is 18.2. The van der Waals surface area contributed by atoms with Crippen LogP contribution in [-0.2, 0) is 0 Å². The van der Waals surface area contributed by atoms with E-state index in [2.05, 4.69) is 29.6 Å². The average Bonchev–Trinajstić information content (AvgIpc) is 2.49. The molecule has 1 aromatic carbocycles. The third-order valence-electron chi connectivity index (χ3n) is 4.46. The minimum Gasteiger partial charge on any atom is -0.496 e. The van der Waals surface area contributed by atoms with Gasteiger partial charge in [-0.15, -0.1) is 0 Å². The first kappa shape index (κ1) is 14.4. The van der Waals surface area contributed by atoms with Gasteiger partial charge in [0, 0.05) is 0 Å². The topological polar surface area (TPSA) is 21.3 Å². The maximum Gasteiger partial charge on any atom is 0.122 e. The molecule has 19 heavy (non-hydrogen) atoms. The molecule has 2 rings (SSSR count). The predicted molar refractivity (Wildman–Crippen MR) is 80.9 cm³/mol. The number of ether oxygens (including phenoxy) is 1. The minimum atomic E-state index is 0.642. The summed E-state index contributed by atoms with van der Waals surface area (Å²) in [4.78, 5) is 0. The highest BCUT2D eigenvalue weighted by molar-refractivity contribution is 5.36. The molecule has 1 aromatic rings. The maximum atomic E-state index is 5.58. The van der Waals surface area contributed by atoms with Crippen LogP contribution >= 0.6 is 0 Å². The van der Waals surface area contributed by atoms with Crippen molar-refractivity contribution >= 4 is 0 Å². The second-order valence-corrected chi connectivity index (χ2v) is 5.64. The van der Waals surface area contributed by atoms with E-state index in [9.17, 15) is 0 Å². The molecule has 1 atom stereocenters. The van der Waals surface area contributed by atoms with Crippen LogP contribution in [0.15, 0.2) is 24.3 Å². The van der Waals surface area contributed by atoms with E-state index in [0.29, 0.717) is 5.92 Å². The Kier molecular flexibility index (Phi) is 5.71. The van der Waals surface area contributed by atoms with E-state index in [1.54, 1.807) is 7.11 Å². The van der Waals surface area contributed by atoms with Gasteiger partial charge in [0.2, 0.25) is 0 Å². The Morgan fingerprint density at radius 1 is 1.21 bits per heavy atom. The van der Waals surface area contributed by atoms with E-state index in [0.717, 1.165) is 18.2 Å². The summed E-state index contributed by atoms with van der Waals surface area (Å²) in [6.45, 7) is 1.08. The van der Waals surface area contributed by atoms with Crippen LogP contribution in [0, 0.1) is 5.92 Å². The quantitative estimate of drug-likeness (QED) is 0.836. The van der Waals surface area contributed by atoms with Crippen LogP contribution in [0.1, 0.15) is 50.0 Å². The Bertz CT molecular complexity index is 371. The summed E-state index contributed by atoms with van der Waals surface area (Å²) < 4.78 is 5.58. The Morgan fingerprint density at radius 3 is 2.63 bits per heavy atom. The molecular formula is C17H27NO. The van der Waals surface area contributed by atoms with E-state index >= 15 is 0 Å². The van der Waals surface area contributed by atoms with E-state index in [-0.39, 0.29) is 0 Å². The van der Waals surface area contributed by atoms with Gasteiger partial charge in [0.1, 0.15) is 5.75 Å². The lowest BCUT2D eigenvalue weighted by Crippen LogP contribution is -2.21. The lowest BCUT2D eigenvalue weighted by atomic mass is 9.75. The lowest BCUT2D eigenvalue weighted by molar-refractivity contribution is 0.287. The summed E-state index contributed by atoms with van der Waals surface area (Å²) in [6, 6.07) is 8.57. The average molecular weight is 261 g/mol. The third-order valence-corrected chi connectivity index (χ3v) is 4.46. The first-order valence-corrected chi connectivity index (χ1v) is 7.64. The monoisotopic (exact) mass is 261 g/mol. The van der Waals surface area contributed by atoms with Crippen molar-refractivity contribution in [3.05, 3.63) is 29.8 Å². The number of rotatable bonds is 6. The molecule has 1 unspecified atom stereocenters. The Labute approximate surface area is 117 Å². The SMILES string of the molecule is CNCCC(c1ccccc1OC)C1CCCCC1. The van der Waals surface area contributed by atoms with Gasteiger partial charge in [0.05, 0.1) is 7.11 Å².